The molecule has 0 bridgehead atoms. The van der Waals surface area contributed by atoms with Gasteiger partial charge in [0.1, 0.15) is 6.61 Å². The number of esters is 2. The molecule has 0 saturated carbocycles. The summed E-state index contributed by atoms with van der Waals surface area (Å²) in [4.78, 5) is 23.4. The van der Waals surface area contributed by atoms with Crippen LogP contribution in [0.4, 0.5) is 0 Å². The number of benzene rings is 1. The molecule has 0 fully saturated rings. The fourth-order valence-corrected chi connectivity index (χ4v) is 2.74. The third-order valence-corrected chi connectivity index (χ3v) is 4.47. The Hall–Kier alpha value is -1.84. The Kier molecular flexibility index (Phi) is 12.2. The topological polar surface area (TPSA) is 52.6 Å². The maximum absolute atomic E-state index is 11.7. The van der Waals surface area contributed by atoms with Gasteiger partial charge >= 0.3 is 11.9 Å². The van der Waals surface area contributed by atoms with E-state index in [0.717, 1.165) is 24.3 Å². The summed E-state index contributed by atoms with van der Waals surface area (Å²) in [5.41, 5.74) is 2.15. The van der Waals surface area contributed by atoms with E-state index in [-0.39, 0.29) is 31.4 Å². The van der Waals surface area contributed by atoms with Crippen LogP contribution in [0, 0.1) is 12.8 Å². The minimum atomic E-state index is -0.273. The average molecular weight is 377 g/mol. The summed E-state index contributed by atoms with van der Waals surface area (Å²) in [6.45, 7) is 7.29. The predicted octanol–water partition coefficient (Wildman–Crippen LogP) is 5.75. The van der Waals surface area contributed by atoms with E-state index in [1.165, 1.54) is 31.2 Å². The lowest BCUT2D eigenvalue weighted by Gasteiger charge is -2.07. The molecule has 0 aliphatic heterocycles. The number of carbonyl (C=O) groups excluding carboxylic acids is 2. The molecule has 0 spiro atoms. The minimum absolute atomic E-state index is 0.221. The van der Waals surface area contributed by atoms with Crippen LogP contribution in [-0.4, -0.2) is 18.5 Å². The van der Waals surface area contributed by atoms with Crippen LogP contribution >= 0.6 is 0 Å². The Labute approximate surface area is 164 Å². The summed E-state index contributed by atoms with van der Waals surface area (Å²) >= 11 is 0. The van der Waals surface area contributed by atoms with Gasteiger partial charge < -0.3 is 9.47 Å². The number of ether oxygens (including phenoxy) is 2. The Morgan fingerprint density at radius 1 is 0.815 bits per heavy atom. The van der Waals surface area contributed by atoms with Crippen LogP contribution in [0.2, 0.25) is 0 Å². The highest BCUT2D eigenvalue weighted by Crippen LogP contribution is 2.11. The molecule has 0 unspecified atom stereocenters. The molecular weight excluding hydrogens is 340 g/mol. The van der Waals surface area contributed by atoms with Gasteiger partial charge in [-0.1, -0.05) is 75.8 Å². The van der Waals surface area contributed by atoms with Crippen LogP contribution in [0.5, 0.6) is 0 Å². The lowest BCUT2D eigenvalue weighted by Crippen LogP contribution is -2.09. The second-order valence-corrected chi connectivity index (χ2v) is 7.67. The van der Waals surface area contributed by atoms with Crippen molar-refractivity contribution in [2.24, 2.45) is 5.92 Å². The highest BCUT2D eigenvalue weighted by molar-refractivity contribution is 5.72. The smallest absolute Gasteiger partial charge is 0.306 e. The third-order valence-electron chi connectivity index (χ3n) is 4.47. The number of hydrogen-bond acceptors (Lipinski definition) is 4. The van der Waals surface area contributed by atoms with Crippen LogP contribution in [-0.2, 0) is 25.7 Å². The quantitative estimate of drug-likeness (QED) is 0.306. The van der Waals surface area contributed by atoms with E-state index in [2.05, 4.69) is 13.8 Å². The van der Waals surface area contributed by atoms with Crippen LogP contribution in [0.15, 0.2) is 24.3 Å². The predicted molar refractivity (Wildman–Crippen MR) is 108 cm³/mol. The molecule has 1 aromatic rings. The van der Waals surface area contributed by atoms with Crippen molar-refractivity contribution in [3.8, 4) is 0 Å². The molecule has 4 nitrogen and oxygen atoms in total. The lowest BCUT2D eigenvalue weighted by atomic mass is 10.0. The van der Waals surface area contributed by atoms with Gasteiger partial charge in [-0.3, -0.25) is 9.59 Å². The van der Waals surface area contributed by atoms with Crippen LogP contribution < -0.4 is 0 Å². The Balaban J connectivity index is 1.95. The van der Waals surface area contributed by atoms with Crippen molar-refractivity contribution in [3.63, 3.8) is 0 Å². The van der Waals surface area contributed by atoms with E-state index in [9.17, 15) is 9.59 Å². The zero-order valence-corrected chi connectivity index (χ0v) is 17.3. The summed E-state index contributed by atoms with van der Waals surface area (Å²) in [7, 11) is 0. The van der Waals surface area contributed by atoms with E-state index in [1.54, 1.807) is 0 Å². The molecule has 0 amide bonds. The summed E-state index contributed by atoms with van der Waals surface area (Å²) in [6.07, 6.45) is 8.07. The van der Waals surface area contributed by atoms with Gasteiger partial charge in [-0.25, -0.2) is 0 Å². The first-order valence-corrected chi connectivity index (χ1v) is 10.3. The average Bonchev–Trinajstić information content (AvgIpc) is 2.63. The monoisotopic (exact) mass is 376 g/mol. The Morgan fingerprint density at radius 3 is 2.07 bits per heavy atom. The Bertz CT molecular complexity index is 534. The SMILES string of the molecule is Cc1ccc(COC(=O)CCCC(=O)OCCCCCCCC(C)C)cc1. The molecular formula is C23H36O4. The zero-order chi connectivity index (χ0) is 19.9. The standard InChI is InChI=1S/C23H36O4/c1-19(2)10-7-5-4-6-8-17-26-22(24)11-9-12-23(25)27-18-21-15-13-20(3)14-16-21/h13-16,19H,4-12,17-18H2,1-3H3. The van der Waals surface area contributed by atoms with Crippen molar-refractivity contribution in [2.75, 3.05) is 6.61 Å². The van der Waals surface area contributed by atoms with Crippen molar-refractivity contribution in [1.82, 2.24) is 0 Å². The number of carbonyl (C=O) groups is 2. The van der Waals surface area contributed by atoms with Crippen molar-refractivity contribution >= 4 is 11.9 Å². The lowest BCUT2D eigenvalue weighted by molar-refractivity contribution is -0.146. The molecule has 0 atom stereocenters. The highest BCUT2D eigenvalue weighted by Gasteiger charge is 2.07. The number of hydrogen-bond donors (Lipinski definition) is 0. The van der Waals surface area contributed by atoms with Gasteiger partial charge in [0.2, 0.25) is 0 Å². The first-order valence-electron chi connectivity index (χ1n) is 10.3. The molecule has 0 aliphatic carbocycles. The molecule has 0 radical (unpaired) electrons. The maximum Gasteiger partial charge on any atom is 0.306 e. The van der Waals surface area contributed by atoms with Crippen molar-refractivity contribution < 1.29 is 19.1 Å². The molecule has 152 valence electrons. The molecule has 1 aromatic carbocycles. The first kappa shape index (κ1) is 23.2. The van der Waals surface area contributed by atoms with Gasteiger partial charge in [-0.05, 0) is 31.2 Å². The second kappa shape index (κ2) is 14.2. The molecule has 0 aromatic heterocycles. The Morgan fingerprint density at radius 2 is 1.41 bits per heavy atom. The van der Waals surface area contributed by atoms with E-state index in [0.29, 0.717) is 13.0 Å². The third kappa shape index (κ3) is 13.0. The molecule has 4 heteroatoms. The molecule has 1 rings (SSSR count). The van der Waals surface area contributed by atoms with Gasteiger partial charge in [-0.2, -0.15) is 0 Å². The largest absolute Gasteiger partial charge is 0.466 e. The molecule has 0 saturated heterocycles. The summed E-state index contributed by atoms with van der Waals surface area (Å²) < 4.78 is 10.4. The van der Waals surface area contributed by atoms with Crippen molar-refractivity contribution in [2.45, 2.75) is 85.2 Å². The van der Waals surface area contributed by atoms with E-state index in [1.807, 2.05) is 31.2 Å². The number of unbranched alkanes of at least 4 members (excludes halogenated alkanes) is 4. The molecule has 27 heavy (non-hydrogen) atoms. The maximum atomic E-state index is 11.7. The fraction of sp³-hybridized carbons (Fsp3) is 0.652. The molecule has 0 heterocycles. The van der Waals surface area contributed by atoms with E-state index in [4.69, 9.17) is 9.47 Å². The number of rotatable bonds is 14. The van der Waals surface area contributed by atoms with Crippen molar-refractivity contribution in [1.29, 1.82) is 0 Å². The van der Waals surface area contributed by atoms with Crippen LogP contribution in [0.25, 0.3) is 0 Å². The van der Waals surface area contributed by atoms with Gasteiger partial charge in [0.25, 0.3) is 0 Å². The normalized spacial score (nSPS) is 10.8. The van der Waals surface area contributed by atoms with Gasteiger partial charge in [0, 0.05) is 12.8 Å². The first-order chi connectivity index (χ1) is 13.0. The zero-order valence-electron chi connectivity index (χ0n) is 17.3. The summed E-state index contributed by atoms with van der Waals surface area (Å²) in [5, 5.41) is 0. The van der Waals surface area contributed by atoms with Crippen molar-refractivity contribution in [3.05, 3.63) is 35.4 Å². The van der Waals surface area contributed by atoms with E-state index >= 15 is 0 Å². The summed E-state index contributed by atoms with van der Waals surface area (Å²) in [6, 6.07) is 7.88. The van der Waals surface area contributed by atoms with Crippen LogP contribution in [0.1, 0.15) is 82.8 Å². The highest BCUT2D eigenvalue weighted by atomic mass is 16.5. The second-order valence-electron chi connectivity index (χ2n) is 7.67. The van der Waals surface area contributed by atoms with Gasteiger partial charge in [-0.15, -0.1) is 0 Å². The minimum Gasteiger partial charge on any atom is -0.466 e. The van der Waals surface area contributed by atoms with Gasteiger partial charge in [0.15, 0.2) is 0 Å². The van der Waals surface area contributed by atoms with E-state index < -0.39 is 0 Å². The summed E-state index contributed by atoms with van der Waals surface area (Å²) in [5.74, 6) is 0.289. The fourth-order valence-electron chi connectivity index (χ4n) is 2.74. The van der Waals surface area contributed by atoms with Gasteiger partial charge in [0.05, 0.1) is 6.61 Å². The van der Waals surface area contributed by atoms with Crippen LogP contribution in [0.3, 0.4) is 0 Å². The number of aryl methyl sites for hydroxylation is 1. The molecule has 0 N–H and O–H groups in total. The molecule has 0 aliphatic rings.